The van der Waals surface area contributed by atoms with Crippen LogP contribution in [0, 0.1) is 6.92 Å². The van der Waals surface area contributed by atoms with Crippen molar-refractivity contribution in [2.75, 3.05) is 13.6 Å². The summed E-state index contributed by atoms with van der Waals surface area (Å²) in [6.45, 7) is 2.49. The molecule has 0 saturated carbocycles. The summed E-state index contributed by atoms with van der Waals surface area (Å²) in [6.07, 6.45) is 9.33. The van der Waals surface area contributed by atoms with Crippen LogP contribution >= 0.6 is 0 Å². The lowest BCUT2D eigenvalue weighted by Gasteiger charge is -2.36. The van der Waals surface area contributed by atoms with Crippen LogP contribution in [0.3, 0.4) is 0 Å². The van der Waals surface area contributed by atoms with Gasteiger partial charge in [0.05, 0.1) is 11.9 Å². The zero-order valence-electron chi connectivity index (χ0n) is 13.8. The maximum absolute atomic E-state index is 12.9. The van der Waals surface area contributed by atoms with Crippen LogP contribution in [0.4, 0.5) is 0 Å². The Kier molecular flexibility index (Phi) is 4.28. The molecule has 1 aliphatic rings. The van der Waals surface area contributed by atoms with E-state index in [4.69, 9.17) is 0 Å². The number of carbonyl (C=O) groups excluding carboxylic acids is 2. The van der Waals surface area contributed by atoms with Crippen LogP contribution in [-0.4, -0.2) is 49.8 Å². The molecule has 0 bridgehead atoms. The molecule has 8 nitrogen and oxygen atoms in total. The van der Waals surface area contributed by atoms with E-state index in [-0.39, 0.29) is 18.4 Å². The van der Waals surface area contributed by atoms with Crippen molar-refractivity contribution >= 4 is 11.8 Å². The maximum atomic E-state index is 12.9. The van der Waals surface area contributed by atoms with Gasteiger partial charge in [-0.25, -0.2) is 4.98 Å². The summed E-state index contributed by atoms with van der Waals surface area (Å²) < 4.78 is 1.77. The lowest BCUT2D eigenvalue weighted by Crippen LogP contribution is -2.55. The molecule has 1 saturated heterocycles. The quantitative estimate of drug-likeness (QED) is 0.868. The Bertz CT molecular complexity index is 744. The van der Waals surface area contributed by atoms with Crippen LogP contribution < -0.4 is 5.32 Å². The minimum Gasteiger partial charge on any atom is -0.357 e. The minimum absolute atomic E-state index is 0.136. The number of imidazole rings is 1. The molecule has 0 aliphatic carbocycles. The van der Waals surface area contributed by atoms with Gasteiger partial charge in [0.15, 0.2) is 5.54 Å². The molecule has 2 aromatic rings. The predicted molar refractivity (Wildman–Crippen MR) is 85.7 cm³/mol. The van der Waals surface area contributed by atoms with Crippen LogP contribution in [0.15, 0.2) is 31.0 Å². The molecular weight excluding hydrogens is 308 g/mol. The van der Waals surface area contributed by atoms with Gasteiger partial charge >= 0.3 is 0 Å². The molecule has 0 spiro atoms. The summed E-state index contributed by atoms with van der Waals surface area (Å²) in [4.78, 5) is 39.8. The SMILES string of the molecule is CNC(=O)[C@@]1(c2cnccn2)CCCN1C(=O)Cn1ccnc1C. The highest BCUT2D eigenvalue weighted by Crippen LogP contribution is 2.38. The number of carbonyl (C=O) groups is 2. The van der Waals surface area contributed by atoms with Gasteiger partial charge in [0.25, 0.3) is 5.91 Å². The van der Waals surface area contributed by atoms with Gasteiger partial charge < -0.3 is 14.8 Å². The van der Waals surface area contributed by atoms with E-state index in [1.54, 1.807) is 47.5 Å². The normalized spacial score (nSPS) is 20.2. The number of likely N-dealkylation sites (N-methyl/N-ethyl adjacent to an activating group) is 1. The number of aryl methyl sites for hydroxylation is 1. The second-order valence-electron chi connectivity index (χ2n) is 5.78. The van der Waals surface area contributed by atoms with Gasteiger partial charge in [-0.1, -0.05) is 0 Å². The van der Waals surface area contributed by atoms with Gasteiger partial charge in [0.2, 0.25) is 5.91 Å². The van der Waals surface area contributed by atoms with E-state index in [1.807, 2.05) is 6.92 Å². The molecule has 0 radical (unpaired) electrons. The zero-order valence-corrected chi connectivity index (χ0v) is 13.8. The number of rotatable bonds is 4. The number of hydrogen-bond donors (Lipinski definition) is 1. The molecule has 2 aromatic heterocycles. The molecule has 3 rings (SSSR count). The fraction of sp³-hybridized carbons (Fsp3) is 0.438. The number of amides is 2. The first-order valence-corrected chi connectivity index (χ1v) is 7.86. The first-order valence-electron chi connectivity index (χ1n) is 7.86. The zero-order chi connectivity index (χ0) is 17.2. The standard InChI is InChI=1S/C16H20N6O2/c1-12-19-7-9-21(12)11-14(23)22-8-3-4-16(22,15(24)17-2)13-10-18-5-6-20-13/h5-7,9-10H,3-4,8,11H2,1-2H3,(H,17,24)/t16-/m0/s1. The average Bonchev–Trinajstić information content (AvgIpc) is 3.22. The molecule has 0 unspecified atom stereocenters. The van der Waals surface area contributed by atoms with E-state index < -0.39 is 5.54 Å². The Balaban J connectivity index is 1.97. The Morgan fingerprint density at radius 3 is 2.75 bits per heavy atom. The Hall–Kier alpha value is -2.77. The second-order valence-corrected chi connectivity index (χ2v) is 5.78. The van der Waals surface area contributed by atoms with Crippen LogP contribution in [-0.2, 0) is 21.7 Å². The van der Waals surface area contributed by atoms with Crippen LogP contribution in [0.25, 0.3) is 0 Å². The molecule has 126 valence electrons. The highest BCUT2D eigenvalue weighted by molar-refractivity contribution is 5.92. The van der Waals surface area contributed by atoms with Crippen molar-refractivity contribution in [2.45, 2.75) is 31.8 Å². The fourth-order valence-electron chi connectivity index (χ4n) is 3.30. The molecule has 8 heteroatoms. The van der Waals surface area contributed by atoms with Crippen molar-refractivity contribution in [1.29, 1.82) is 0 Å². The van der Waals surface area contributed by atoms with Crippen molar-refractivity contribution in [1.82, 2.24) is 29.7 Å². The average molecular weight is 328 g/mol. The van der Waals surface area contributed by atoms with E-state index in [2.05, 4.69) is 20.3 Å². The molecule has 1 fully saturated rings. The summed E-state index contributed by atoms with van der Waals surface area (Å²) in [5.74, 6) is 0.381. The largest absolute Gasteiger partial charge is 0.357 e. The molecule has 2 amide bonds. The van der Waals surface area contributed by atoms with Crippen LogP contribution in [0.5, 0.6) is 0 Å². The summed E-state index contributed by atoms with van der Waals surface area (Å²) in [6, 6.07) is 0. The van der Waals surface area contributed by atoms with Crippen molar-refractivity contribution < 1.29 is 9.59 Å². The molecule has 1 atom stereocenters. The van der Waals surface area contributed by atoms with Gasteiger partial charge in [-0.15, -0.1) is 0 Å². The van der Waals surface area contributed by atoms with Crippen molar-refractivity contribution in [3.05, 3.63) is 42.5 Å². The summed E-state index contributed by atoms with van der Waals surface area (Å²) in [7, 11) is 1.57. The third-order valence-electron chi connectivity index (χ3n) is 4.50. The van der Waals surface area contributed by atoms with E-state index in [0.717, 1.165) is 12.2 Å². The third kappa shape index (κ3) is 2.53. The van der Waals surface area contributed by atoms with Crippen molar-refractivity contribution in [3.8, 4) is 0 Å². The summed E-state index contributed by atoms with van der Waals surface area (Å²) >= 11 is 0. The first-order chi connectivity index (χ1) is 11.6. The number of aromatic nitrogens is 4. The molecule has 24 heavy (non-hydrogen) atoms. The lowest BCUT2D eigenvalue weighted by molar-refractivity contribution is -0.146. The predicted octanol–water partition coefficient (Wildman–Crippen LogP) is 0.245. The Morgan fingerprint density at radius 2 is 2.12 bits per heavy atom. The smallest absolute Gasteiger partial charge is 0.252 e. The van der Waals surface area contributed by atoms with E-state index >= 15 is 0 Å². The van der Waals surface area contributed by atoms with Gasteiger partial charge in [0, 0.05) is 38.4 Å². The molecular formula is C16H20N6O2. The van der Waals surface area contributed by atoms with Crippen molar-refractivity contribution in [2.24, 2.45) is 0 Å². The molecule has 0 aromatic carbocycles. The molecule has 1 aliphatic heterocycles. The van der Waals surface area contributed by atoms with Crippen LogP contribution in [0.2, 0.25) is 0 Å². The monoisotopic (exact) mass is 328 g/mol. The number of likely N-dealkylation sites (tertiary alicyclic amines) is 1. The van der Waals surface area contributed by atoms with Gasteiger partial charge in [0.1, 0.15) is 12.4 Å². The van der Waals surface area contributed by atoms with Crippen LogP contribution in [0.1, 0.15) is 24.4 Å². The first kappa shape index (κ1) is 16.1. The Labute approximate surface area is 139 Å². The fourth-order valence-corrected chi connectivity index (χ4v) is 3.30. The highest BCUT2D eigenvalue weighted by atomic mass is 16.2. The van der Waals surface area contributed by atoms with E-state index in [9.17, 15) is 9.59 Å². The van der Waals surface area contributed by atoms with E-state index in [1.165, 1.54) is 0 Å². The van der Waals surface area contributed by atoms with Gasteiger partial charge in [-0.2, -0.15) is 0 Å². The number of nitrogens with zero attached hydrogens (tertiary/aromatic N) is 5. The van der Waals surface area contributed by atoms with Gasteiger partial charge in [-0.3, -0.25) is 19.6 Å². The number of hydrogen-bond acceptors (Lipinski definition) is 5. The topological polar surface area (TPSA) is 93.0 Å². The summed E-state index contributed by atoms with van der Waals surface area (Å²) in [5.41, 5.74) is -0.605. The third-order valence-corrected chi connectivity index (χ3v) is 4.50. The second kappa shape index (κ2) is 6.38. The lowest BCUT2D eigenvalue weighted by atomic mass is 9.90. The molecule has 1 N–H and O–H groups in total. The Morgan fingerprint density at radius 1 is 1.29 bits per heavy atom. The summed E-state index contributed by atoms with van der Waals surface area (Å²) in [5, 5.41) is 2.68. The highest BCUT2D eigenvalue weighted by Gasteiger charge is 2.51. The number of nitrogens with one attached hydrogen (secondary N) is 1. The minimum atomic E-state index is -1.10. The maximum Gasteiger partial charge on any atom is 0.252 e. The van der Waals surface area contributed by atoms with E-state index in [0.29, 0.717) is 18.7 Å². The molecule has 3 heterocycles. The van der Waals surface area contributed by atoms with Crippen molar-refractivity contribution in [3.63, 3.8) is 0 Å². The van der Waals surface area contributed by atoms with Gasteiger partial charge in [-0.05, 0) is 19.8 Å².